The van der Waals surface area contributed by atoms with Crippen molar-refractivity contribution in [2.45, 2.75) is 12.8 Å². The van der Waals surface area contributed by atoms with E-state index in [0.717, 1.165) is 37.8 Å². The van der Waals surface area contributed by atoms with E-state index in [9.17, 15) is 4.79 Å². The van der Waals surface area contributed by atoms with Gasteiger partial charge < -0.3 is 38.9 Å². The fraction of sp³-hybridized carbons (Fsp3) is 0.250. The predicted molar refractivity (Wildman–Crippen MR) is 124 cm³/mol. The Morgan fingerprint density at radius 3 is 1.77 bits per heavy atom. The molecule has 0 saturated heterocycles. The average Bonchev–Trinajstić information content (AvgIpc) is 2.72. The van der Waals surface area contributed by atoms with Crippen LogP contribution in [0.3, 0.4) is 0 Å². The lowest BCUT2D eigenvalue weighted by Gasteiger charge is -2.13. The zero-order chi connectivity index (χ0) is 21.0. The fourth-order valence-electron chi connectivity index (χ4n) is 3.09. The van der Waals surface area contributed by atoms with E-state index >= 15 is 0 Å². The van der Waals surface area contributed by atoms with Crippen molar-refractivity contribution in [1.82, 2.24) is 0 Å². The van der Waals surface area contributed by atoms with E-state index in [1.807, 2.05) is 28.2 Å². The maximum absolute atomic E-state index is 11.1. The minimum atomic E-state index is -0.769. The van der Waals surface area contributed by atoms with Gasteiger partial charge in [-0.05, 0) is 47.5 Å². The van der Waals surface area contributed by atoms with Gasteiger partial charge in [0.05, 0.1) is 6.42 Å². The topological polar surface area (TPSA) is 43.8 Å². The van der Waals surface area contributed by atoms with Crippen molar-refractivity contribution in [2.24, 2.45) is 0 Å². The van der Waals surface area contributed by atoms with Crippen LogP contribution in [0.15, 0.2) is 60.7 Å². The Labute approximate surface area is 199 Å². The number of rotatable bonds is 7. The summed E-state index contributed by atoms with van der Waals surface area (Å²) in [7, 11) is 8.11. The van der Waals surface area contributed by atoms with Gasteiger partial charge in [0.25, 0.3) is 0 Å². The van der Waals surface area contributed by atoms with Gasteiger partial charge in [-0.1, -0.05) is 12.1 Å². The second-order valence-electron chi connectivity index (χ2n) is 7.45. The van der Waals surface area contributed by atoms with Gasteiger partial charge in [-0.25, -0.2) is 0 Å². The minimum Gasteiger partial charge on any atom is -1.00 e. The number of carbonyl (C=O) groups is 1. The fourth-order valence-corrected chi connectivity index (χ4v) is 4.21. The van der Waals surface area contributed by atoms with Gasteiger partial charge in [0.2, 0.25) is 21.1 Å². The first kappa shape index (κ1) is 24.1. The molecule has 6 heteroatoms. The Kier molecular flexibility index (Phi) is 8.61. The van der Waals surface area contributed by atoms with Crippen LogP contribution in [-0.2, 0) is 11.2 Å². The molecule has 0 aliphatic rings. The zero-order valence-corrected chi connectivity index (χ0v) is 20.7. The maximum atomic E-state index is 11.1. The lowest BCUT2D eigenvalue weighted by Crippen LogP contribution is -3.00. The number of benzene rings is 2. The molecule has 0 saturated carbocycles. The third kappa shape index (κ3) is 6.15. The Morgan fingerprint density at radius 1 is 0.800 bits per heavy atom. The van der Waals surface area contributed by atoms with E-state index in [1.165, 1.54) is 0 Å². The second kappa shape index (κ2) is 10.7. The number of anilines is 2. The Hall–Kier alpha value is -2.19. The highest BCUT2D eigenvalue weighted by Gasteiger charge is 2.19. The first-order valence-corrected chi connectivity index (χ1v) is 10.4. The molecule has 1 heterocycles. The number of aliphatic carboxylic acids is 1. The van der Waals surface area contributed by atoms with Gasteiger partial charge in [0.15, 0.2) is 0 Å². The largest absolute Gasteiger partial charge is 1.00 e. The van der Waals surface area contributed by atoms with Crippen LogP contribution < -0.4 is 33.8 Å². The SMILES string of the molecule is CN(C)c1ccc(-c2cc(CCC(=O)O)[s+]c(-c3ccc(N(C)C)cc3)c2)cc1.[I-]. The van der Waals surface area contributed by atoms with Crippen LogP contribution in [0, 0.1) is 0 Å². The smallest absolute Gasteiger partial charge is 0.303 e. The summed E-state index contributed by atoms with van der Waals surface area (Å²) in [5, 5.41) is 9.11. The van der Waals surface area contributed by atoms with Crippen LogP contribution in [0.5, 0.6) is 0 Å². The Bertz CT molecular complexity index is 917. The Balaban J connectivity index is 0.00000320. The van der Waals surface area contributed by atoms with Crippen molar-refractivity contribution >= 4 is 28.7 Å². The second-order valence-corrected chi connectivity index (χ2v) is 8.62. The van der Waals surface area contributed by atoms with Crippen LogP contribution in [-0.4, -0.2) is 39.3 Å². The molecule has 0 radical (unpaired) electrons. The number of hydrogen-bond acceptors (Lipinski definition) is 3. The first-order chi connectivity index (χ1) is 13.8. The van der Waals surface area contributed by atoms with Gasteiger partial charge in [0.1, 0.15) is 0 Å². The number of halogens is 1. The number of carboxylic acids is 1. The van der Waals surface area contributed by atoms with Crippen LogP contribution in [0.2, 0.25) is 0 Å². The van der Waals surface area contributed by atoms with Crippen molar-refractivity contribution < 1.29 is 33.9 Å². The average molecular weight is 534 g/mol. The molecule has 0 spiro atoms. The van der Waals surface area contributed by atoms with E-state index in [2.05, 4.69) is 70.5 Å². The van der Waals surface area contributed by atoms with E-state index in [-0.39, 0.29) is 30.4 Å². The molecule has 0 bridgehead atoms. The summed E-state index contributed by atoms with van der Waals surface area (Å²) in [6.07, 6.45) is 0.672. The first-order valence-electron chi connectivity index (χ1n) is 9.58. The van der Waals surface area contributed by atoms with Crippen molar-refractivity contribution in [1.29, 1.82) is 0 Å². The third-order valence-electron chi connectivity index (χ3n) is 4.81. The molecule has 0 fully saturated rings. The van der Waals surface area contributed by atoms with E-state index in [1.54, 1.807) is 11.3 Å². The standard InChI is InChI=1S/C24H26N2O2S.HI/c1-25(2)20-9-5-17(6-10-20)19-15-22(13-14-24(27)28)29-23(16-19)18-7-11-21(12-8-18)26(3)4;/h5-12,15-16H,13-14H2,1-4H3;1H. The molecule has 30 heavy (non-hydrogen) atoms. The van der Waals surface area contributed by atoms with E-state index < -0.39 is 5.97 Å². The molecule has 2 aromatic carbocycles. The number of nitrogens with zero attached hydrogens (tertiary/aromatic N) is 2. The molecule has 0 unspecified atom stereocenters. The summed E-state index contributed by atoms with van der Waals surface area (Å²) in [4.78, 5) is 17.5. The molecule has 4 nitrogen and oxygen atoms in total. The van der Waals surface area contributed by atoms with Crippen molar-refractivity contribution in [2.75, 3.05) is 38.0 Å². The van der Waals surface area contributed by atoms with E-state index in [0.29, 0.717) is 6.42 Å². The van der Waals surface area contributed by atoms with E-state index in [4.69, 9.17) is 5.11 Å². The van der Waals surface area contributed by atoms with Crippen LogP contribution in [0.4, 0.5) is 11.4 Å². The normalized spacial score (nSPS) is 10.3. The van der Waals surface area contributed by atoms with Crippen molar-refractivity contribution in [3.63, 3.8) is 0 Å². The predicted octanol–water partition coefficient (Wildman–Crippen LogP) is 2.52. The van der Waals surface area contributed by atoms with Gasteiger partial charge in [-0.15, -0.1) is 0 Å². The molecule has 3 aromatic rings. The van der Waals surface area contributed by atoms with Gasteiger partial charge in [-0.3, -0.25) is 4.79 Å². The maximum Gasteiger partial charge on any atom is 0.303 e. The molecule has 3 rings (SSSR count). The summed E-state index contributed by atoms with van der Waals surface area (Å²) in [5.41, 5.74) is 5.69. The number of carboxylic acid groups (broad SMARTS) is 1. The monoisotopic (exact) mass is 534 g/mol. The number of aryl methyl sites for hydroxylation is 1. The van der Waals surface area contributed by atoms with Gasteiger partial charge >= 0.3 is 5.97 Å². The van der Waals surface area contributed by atoms with Crippen LogP contribution in [0.25, 0.3) is 21.6 Å². The van der Waals surface area contributed by atoms with Gasteiger partial charge in [-0.2, -0.15) is 0 Å². The highest BCUT2D eigenvalue weighted by atomic mass is 127. The molecule has 0 atom stereocenters. The Morgan fingerprint density at radius 2 is 1.30 bits per heavy atom. The molecular formula is C24H27IN2O2S. The molecule has 0 amide bonds. The lowest BCUT2D eigenvalue weighted by molar-refractivity contribution is -0.136. The molecule has 158 valence electrons. The van der Waals surface area contributed by atoms with Gasteiger partial charge in [0, 0.05) is 63.7 Å². The summed E-state index contributed by atoms with van der Waals surface area (Å²) in [6.45, 7) is 0. The highest BCUT2D eigenvalue weighted by Crippen LogP contribution is 2.34. The van der Waals surface area contributed by atoms with Crippen LogP contribution >= 0.6 is 11.3 Å². The summed E-state index contributed by atoms with van der Waals surface area (Å²) >= 11 is 1.66. The van der Waals surface area contributed by atoms with Crippen LogP contribution in [0.1, 0.15) is 11.3 Å². The lowest BCUT2D eigenvalue weighted by atomic mass is 10.0. The quantitative estimate of drug-likeness (QED) is 0.374. The summed E-state index contributed by atoms with van der Waals surface area (Å²) in [5.74, 6) is -0.769. The third-order valence-corrected chi connectivity index (χ3v) is 5.97. The van der Waals surface area contributed by atoms with Crippen molar-refractivity contribution in [3.8, 4) is 21.6 Å². The molecular weight excluding hydrogens is 507 g/mol. The minimum absolute atomic E-state index is 0. The summed E-state index contributed by atoms with van der Waals surface area (Å²) < 4.78 is 0. The molecule has 0 aliphatic heterocycles. The molecule has 1 aromatic heterocycles. The molecule has 1 N–H and O–H groups in total. The highest BCUT2D eigenvalue weighted by molar-refractivity contribution is 7.15. The van der Waals surface area contributed by atoms with Crippen molar-refractivity contribution in [3.05, 3.63) is 65.5 Å². The zero-order valence-electron chi connectivity index (χ0n) is 17.7. The molecule has 0 aliphatic carbocycles. The summed E-state index contributed by atoms with van der Waals surface area (Å²) in [6, 6.07) is 21.2. The number of hydrogen-bond donors (Lipinski definition) is 1.